The summed E-state index contributed by atoms with van der Waals surface area (Å²) in [4.78, 5) is 23.1. The Kier molecular flexibility index (Phi) is 10.8. The van der Waals surface area contributed by atoms with E-state index in [9.17, 15) is 9.59 Å². The van der Waals surface area contributed by atoms with Crippen molar-refractivity contribution in [2.24, 2.45) is 0 Å². The van der Waals surface area contributed by atoms with E-state index in [1.165, 1.54) is 24.8 Å². The number of hydrogen-bond acceptors (Lipinski definition) is 4. The number of ether oxygens (including phenoxy) is 1. The molecule has 0 saturated carbocycles. The fraction of sp³-hybridized carbons (Fsp3) is 0.462. The number of carbonyl (C=O) groups excluding carboxylic acids is 2. The van der Waals surface area contributed by atoms with Gasteiger partial charge in [-0.15, -0.1) is 0 Å². The molecular formula is C26H36N2O3. The van der Waals surface area contributed by atoms with Gasteiger partial charge in [-0.05, 0) is 56.5 Å². The highest BCUT2D eigenvalue weighted by atomic mass is 16.5. The maximum absolute atomic E-state index is 12.6. The normalized spacial score (nSPS) is 11.7. The van der Waals surface area contributed by atoms with Crippen LogP contribution in [0.3, 0.4) is 0 Å². The summed E-state index contributed by atoms with van der Waals surface area (Å²) in [5, 5.41) is 6.42. The van der Waals surface area contributed by atoms with Gasteiger partial charge in [-0.2, -0.15) is 0 Å². The van der Waals surface area contributed by atoms with E-state index in [-0.39, 0.29) is 11.9 Å². The number of nitrogens with one attached hydrogen (secondary N) is 2. The molecule has 0 aromatic heterocycles. The number of carbonyl (C=O) groups is 2. The smallest absolute Gasteiger partial charge is 0.251 e. The second-order valence-corrected chi connectivity index (χ2v) is 8.04. The van der Waals surface area contributed by atoms with Crippen molar-refractivity contribution in [1.29, 1.82) is 0 Å². The van der Waals surface area contributed by atoms with Gasteiger partial charge < -0.3 is 20.2 Å². The van der Waals surface area contributed by atoms with Gasteiger partial charge in [-0.25, -0.2) is 0 Å². The molecule has 0 fully saturated rings. The molecule has 0 bridgehead atoms. The lowest BCUT2D eigenvalue weighted by molar-refractivity contribution is -0.108. The average Bonchev–Trinajstić information content (AvgIpc) is 2.77. The van der Waals surface area contributed by atoms with Gasteiger partial charge in [-0.3, -0.25) is 4.79 Å². The second-order valence-electron chi connectivity index (χ2n) is 8.04. The minimum Gasteiger partial charge on any atom is -0.489 e. The first-order valence-corrected chi connectivity index (χ1v) is 11.3. The Labute approximate surface area is 186 Å². The van der Waals surface area contributed by atoms with Gasteiger partial charge in [0, 0.05) is 30.1 Å². The van der Waals surface area contributed by atoms with Crippen LogP contribution in [0.4, 0.5) is 0 Å². The molecule has 5 nitrogen and oxygen atoms in total. The monoisotopic (exact) mass is 424 g/mol. The van der Waals surface area contributed by atoms with Crippen LogP contribution in [-0.2, 0) is 17.9 Å². The van der Waals surface area contributed by atoms with E-state index in [0.29, 0.717) is 30.8 Å². The quantitative estimate of drug-likeness (QED) is 0.333. The SMILES string of the molecule is CCCCCNCc1ccc(COc2cccc(C(=O)NC(C)CCC=O)c2C)cc1. The molecule has 0 aliphatic heterocycles. The Morgan fingerprint density at radius 3 is 2.55 bits per heavy atom. The van der Waals surface area contributed by atoms with E-state index in [1.807, 2.05) is 26.0 Å². The molecule has 2 rings (SSSR count). The van der Waals surface area contributed by atoms with Crippen LogP contribution in [0.25, 0.3) is 0 Å². The lowest BCUT2D eigenvalue weighted by Gasteiger charge is -2.16. The van der Waals surface area contributed by atoms with Crippen LogP contribution in [0.5, 0.6) is 5.75 Å². The zero-order valence-corrected chi connectivity index (χ0v) is 19.1. The Morgan fingerprint density at radius 1 is 1.10 bits per heavy atom. The Morgan fingerprint density at radius 2 is 1.84 bits per heavy atom. The molecule has 2 aromatic rings. The molecular weight excluding hydrogens is 388 g/mol. The van der Waals surface area contributed by atoms with Crippen LogP contribution in [0.1, 0.15) is 73.0 Å². The number of amides is 1. The summed E-state index contributed by atoms with van der Waals surface area (Å²) in [6.45, 7) is 8.40. The third-order valence-corrected chi connectivity index (χ3v) is 5.33. The highest BCUT2D eigenvalue weighted by Crippen LogP contribution is 2.23. The topological polar surface area (TPSA) is 67.4 Å². The predicted molar refractivity (Wildman–Crippen MR) is 125 cm³/mol. The van der Waals surface area contributed by atoms with Gasteiger partial charge in [0.15, 0.2) is 0 Å². The molecule has 0 radical (unpaired) electrons. The van der Waals surface area contributed by atoms with Crippen molar-refractivity contribution in [3.05, 3.63) is 64.7 Å². The molecule has 1 unspecified atom stereocenters. The van der Waals surface area contributed by atoms with E-state index in [1.54, 1.807) is 6.07 Å². The third kappa shape index (κ3) is 8.54. The summed E-state index contributed by atoms with van der Waals surface area (Å²) >= 11 is 0. The number of rotatable bonds is 14. The zero-order chi connectivity index (χ0) is 22.5. The van der Waals surface area contributed by atoms with E-state index in [0.717, 1.165) is 30.5 Å². The van der Waals surface area contributed by atoms with Crippen molar-refractivity contribution >= 4 is 12.2 Å². The van der Waals surface area contributed by atoms with Crippen LogP contribution >= 0.6 is 0 Å². The maximum Gasteiger partial charge on any atom is 0.251 e. The standard InChI is InChI=1S/C26H36N2O3/c1-4-5-6-16-27-18-22-12-14-23(15-13-22)19-31-25-11-7-10-24(21(25)3)26(30)28-20(2)9-8-17-29/h7,10-15,17,20,27H,4-6,8-9,16,18-19H2,1-3H3,(H,28,30). The van der Waals surface area contributed by atoms with Crippen molar-refractivity contribution in [2.75, 3.05) is 6.54 Å². The van der Waals surface area contributed by atoms with E-state index in [4.69, 9.17) is 4.74 Å². The Balaban J connectivity index is 1.88. The molecule has 2 aromatic carbocycles. The Bertz CT molecular complexity index is 818. The third-order valence-electron chi connectivity index (χ3n) is 5.33. The lowest BCUT2D eigenvalue weighted by Crippen LogP contribution is -2.33. The summed E-state index contributed by atoms with van der Waals surface area (Å²) in [6.07, 6.45) is 5.68. The Hall–Kier alpha value is -2.66. The van der Waals surface area contributed by atoms with Gasteiger partial charge in [0.05, 0.1) is 0 Å². The number of aldehydes is 1. The number of benzene rings is 2. The molecule has 1 amide bonds. The maximum atomic E-state index is 12.6. The summed E-state index contributed by atoms with van der Waals surface area (Å²) in [6, 6.07) is 13.9. The molecule has 5 heteroatoms. The highest BCUT2D eigenvalue weighted by Gasteiger charge is 2.14. The number of unbranched alkanes of at least 4 members (excludes halogenated alkanes) is 2. The molecule has 1 atom stereocenters. The van der Waals surface area contributed by atoms with Crippen LogP contribution < -0.4 is 15.4 Å². The van der Waals surface area contributed by atoms with Gasteiger partial charge >= 0.3 is 0 Å². The van der Waals surface area contributed by atoms with Crippen molar-refractivity contribution < 1.29 is 14.3 Å². The lowest BCUT2D eigenvalue weighted by atomic mass is 10.1. The molecule has 0 saturated heterocycles. The first kappa shape index (κ1) is 24.6. The van der Waals surface area contributed by atoms with Crippen LogP contribution in [0, 0.1) is 6.92 Å². The summed E-state index contributed by atoms with van der Waals surface area (Å²) in [7, 11) is 0. The van der Waals surface area contributed by atoms with Gasteiger partial charge in [0.1, 0.15) is 18.6 Å². The molecule has 0 aliphatic rings. The van der Waals surface area contributed by atoms with Gasteiger partial charge in [0.25, 0.3) is 5.91 Å². The van der Waals surface area contributed by atoms with Crippen molar-refractivity contribution in [3.8, 4) is 5.75 Å². The van der Waals surface area contributed by atoms with Crippen molar-refractivity contribution in [2.45, 2.75) is 72.1 Å². The van der Waals surface area contributed by atoms with Gasteiger partial charge in [0.2, 0.25) is 0 Å². The second kappa shape index (κ2) is 13.6. The molecule has 2 N–H and O–H groups in total. The fourth-order valence-electron chi connectivity index (χ4n) is 3.36. The van der Waals surface area contributed by atoms with Gasteiger partial charge in [-0.1, -0.05) is 50.1 Å². The number of hydrogen-bond donors (Lipinski definition) is 2. The van der Waals surface area contributed by atoms with Crippen LogP contribution in [0.15, 0.2) is 42.5 Å². The molecule has 168 valence electrons. The average molecular weight is 425 g/mol. The molecule has 31 heavy (non-hydrogen) atoms. The van der Waals surface area contributed by atoms with Crippen molar-refractivity contribution in [3.63, 3.8) is 0 Å². The summed E-state index contributed by atoms with van der Waals surface area (Å²) < 4.78 is 6.01. The zero-order valence-electron chi connectivity index (χ0n) is 19.1. The summed E-state index contributed by atoms with van der Waals surface area (Å²) in [5.41, 5.74) is 3.76. The van der Waals surface area contributed by atoms with Crippen LogP contribution in [-0.4, -0.2) is 24.8 Å². The summed E-state index contributed by atoms with van der Waals surface area (Å²) in [5.74, 6) is 0.562. The minimum absolute atomic E-state index is 0.0543. The van der Waals surface area contributed by atoms with E-state index >= 15 is 0 Å². The van der Waals surface area contributed by atoms with E-state index < -0.39 is 0 Å². The highest BCUT2D eigenvalue weighted by molar-refractivity contribution is 5.96. The van der Waals surface area contributed by atoms with Crippen molar-refractivity contribution in [1.82, 2.24) is 10.6 Å². The molecule has 0 aliphatic carbocycles. The fourth-order valence-corrected chi connectivity index (χ4v) is 3.36. The molecule has 0 heterocycles. The molecule has 0 spiro atoms. The first-order chi connectivity index (χ1) is 15.0. The first-order valence-electron chi connectivity index (χ1n) is 11.3. The van der Waals surface area contributed by atoms with Crippen LogP contribution in [0.2, 0.25) is 0 Å². The predicted octanol–water partition coefficient (Wildman–Crippen LogP) is 4.95. The minimum atomic E-state index is -0.142. The largest absolute Gasteiger partial charge is 0.489 e. The van der Waals surface area contributed by atoms with E-state index in [2.05, 4.69) is 41.8 Å².